The number of nitrogens with two attached hydrogens (primary N) is 1. The number of nitrogens with one attached hydrogen (secondary N) is 1. The summed E-state index contributed by atoms with van der Waals surface area (Å²) in [4.78, 5) is 11.4. The highest BCUT2D eigenvalue weighted by Gasteiger charge is 2.20. The molecule has 0 aliphatic heterocycles. The molecule has 0 unspecified atom stereocenters. The number of sulfonamides is 1. The van der Waals surface area contributed by atoms with Crippen molar-refractivity contribution >= 4 is 33.2 Å². The third-order valence-corrected chi connectivity index (χ3v) is 4.86. The number of anilines is 1. The van der Waals surface area contributed by atoms with E-state index in [1.165, 1.54) is 18.2 Å². The molecule has 0 atom stereocenters. The average molecular weight is 325 g/mol. The predicted octanol–water partition coefficient (Wildman–Crippen LogP) is 2.55. The average Bonchev–Trinajstić information content (AvgIpc) is 2.41. The number of amides is 1. The number of carbonyl (C=O) groups is 1. The van der Waals surface area contributed by atoms with E-state index in [0.29, 0.717) is 10.6 Å². The number of primary amides is 1. The first-order valence-electron chi connectivity index (χ1n) is 5.99. The number of hydrogen-bond acceptors (Lipinski definition) is 3. The lowest BCUT2D eigenvalue weighted by Crippen LogP contribution is -2.19. The van der Waals surface area contributed by atoms with Crippen molar-refractivity contribution in [1.82, 2.24) is 0 Å². The highest BCUT2D eigenvalue weighted by molar-refractivity contribution is 7.92. The smallest absolute Gasteiger partial charge is 0.262 e. The van der Waals surface area contributed by atoms with E-state index in [4.69, 9.17) is 17.3 Å². The minimum absolute atomic E-state index is 0.0503. The van der Waals surface area contributed by atoms with Crippen LogP contribution in [0.3, 0.4) is 0 Å². The first-order valence-corrected chi connectivity index (χ1v) is 7.86. The molecule has 0 radical (unpaired) electrons. The van der Waals surface area contributed by atoms with Crippen molar-refractivity contribution in [3.8, 4) is 0 Å². The zero-order chi connectivity index (χ0) is 15.6. The highest BCUT2D eigenvalue weighted by Crippen LogP contribution is 2.25. The summed E-state index contributed by atoms with van der Waals surface area (Å²) in [6.45, 7) is 1.61. The van der Waals surface area contributed by atoms with Gasteiger partial charge in [-0.25, -0.2) is 8.42 Å². The Morgan fingerprint density at radius 1 is 1.14 bits per heavy atom. The Labute approximate surface area is 127 Å². The van der Waals surface area contributed by atoms with Crippen molar-refractivity contribution in [2.45, 2.75) is 11.8 Å². The Morgan fingerprint density at radius 2 is 1.81 bits per heavy atom. The van der Waals surface area contributed by atoms with E-state index in [9.17, 15) is 13.2 Å². The Hall–Kier alpha value is -2.05. The van der Waals surface area contributed by atoms with E-state index in [1.54, 1.807) is 31.2 Å². The van der Waals surface area contributed by atoms with Crippen LogP contribution in [0.5, 0.6) is 0 Å². The van der Waals surface area contributed by atoms with Crippen molar-refractivity contribution in [2.24, 2.45) is 5.73 Å². The van der Waals surface area contributed by atoms with E-state index < -0.39 is 15.9 Å². The molecule has 2 aromatic rings. The molecule has 1 amide bonds. The molecule has 7 heteroatoms. The second-order valence-corrected chi connectivity index (χ2v) is 6.44. The van der Waals surface area contributed by atoms with Crippen LogP contribution in [-0.4, -0.2) is 14.3 Å². The molecule has 2 aromatic carbocycles. The van der Waals surface area contributed by atoms with Gasteiger partial charge in [0, 0.05) is 5.02 Å². The van der Waals surface area contributed by atoms with Gasteiger partial charge >= 0.3 is 0 Å². The SMILES string of the molecule is Cc1c(Cl)cccc1S(=O)(=O)Nc1ccccc1C(N)=O. The lowest BCUT2D eigenvalue weighted by atomic mass is 10.2. The van der Waals surface area contributed by atoms with Gasteiger partial charge in [-0.05, 0) is 36.8 Å². The van der Waals surface area contributed by atoms with Crippen LogP contribution in [0.25, 0.3) is 0 Å². The molecular formula is C14H13ClN2O3S. The van der Waals surface area contributed by atoms with Gasteiger partial charge in [0.05, 0.1) is 16.1 Å². The molecule has 0 heterocycles. The van der Waals surface area contributed by atoms with Gasteiger partial charge in [0.2, 0.25) is 0 Å². The molecule has 0 aromatic heterocycles. The van der Waals surface area contributed by atoms with E-state index >= 15 is 0 Å². The van der Waals surface area contributed by atoms with Gasteiger partial charge in [0.15, 0.2) is 0 Å². The maximum atomic E-state index is 12.4. The van der Waals surface area contributed by atoms with Crippen LogP contribution in [0.1, 0.15) is 15.9 Å². The molecule has 0 aliphatic carbocycles. The number of rotatable bonds is 4. The van der Waals surface area contributed by atoms with E-state index in [1.807, 2.05) is 0 Å². The maximum Gasteiger partial charge on any atom is 0.262 e. The van der Waals surface area contributed by atoms with E-state index in [2.05, 4.69) is 4.72 Å². The first kappa shape index (κ1) is 15.3. The fourth-order valence-electron chi connectivity index (χ4n) is 1.87. The summed E-state index contributed by atoms with van der Waals surface area (Å²) < 4.78 is 27.2. The Morgan fingerprint density at radius 3 is 2.48 bits per heavy atom. The minimum Gasteiger partial charge on any atom is -0.366 e. The monoisotopic (exact) mass is 324 g/mol. The Bertz CT molecular complexity index is 804. The third kappa shape index (κ3) is 3.17. The molecule has 5 nitrogen and oxygen atoms in total. The molecule has 2 rings (SSSR count). The van der Waals surface area contributed by atoms with Crippen LogP contribution in [0.4, 0.5) is 5.69 Å². The second kappa shape index (κ2) is 5.75. The first-order chi connectivity index (χ1) is 9.83. The molecule has 0 aliphatic rings. The van der Waals surface area contributed by atoms with Crippen molar-refractivity contribution in [3.63, 3.8) is 0 Å². The van der Waals surface area contributed by atoms with Gasteiger partial charge in [0.1, 0.15) is 0 Å². The van der Waals surface area contributed by atoms with E-state index in [0.717, 1.165) is 0 Å². The summed E-state index contributed by atoms with van der Waals surface area (Å²) in [5.74, 6) is -0.712. The molecule has 0 saturated heterocycles. The summed E-state index contributed by atoms with van der Waals surface area (Å²) in [5.41, 5.74) is 5.89. The van der Waals surface area contributed by atoms with Crippen molar-refractivity contribution in [3.05, 3.63) is 58.6 Å². The molecule has 110 valence electrons. The number of halogens is 1. The lowest BCUT2D eigenvalue weighted by molar-refractivity contribution is 0.100. The highest BCUT2D eigenvalue weighted by atomic mass is 35.5. The van der Waals surface area contributed by atoms with Crippen LogP contribution in [0.2, 0.25) is 5.02 Å². The normalized spacial score (nSPS) is 11.1. The molecule has 3 N–H and O–H groups in total. The molecular weight excluding hydrogens is 312 g/mol. The van der Waals surface area contributed by atoms with Crippen LogP contribution in [0, 0.1) is 6.92 Å². The van der Waals surface area contributed by atoms with Crippen LogP contribution in [-0.2, 0) is 10.0 Å². The Balaban J connectivity index is 2.48. The topological polar surface area (TPSA) is 89.3 Å². The van der Waals surface area contributed by atoms with Crippen LogP contribution < -0.4 is 10.5 Å². The van der Waals surface area contributed by atoms with Crippen molar-refractivity contribution in [2.75, 3.05) is 4.72 Å². The minimum atomic E-state index is -3.86. The lowest BCUT2D eigenvalue weighted by Gasteiger charge is -2.13. The fraction of sp³-hybridized carbons (Fsp3) is 0.0714. The summed E-state index contributed by atoms with van der Waals surface area (Å²) >= 11 is 5.94. The van der Waals surface area contributed by atoms with Gasteiger partial charge in [0.25, 0.3) is 15.9 Å². The van der Waals surface area contributed by atoms with Gasteiger partial charge in [-0.3, -0.25) is 9.52 Å². The van der Waals surface area contributed by atoms with Gasteiger partial charge in [-0.1, -0.05) is 29.8 Å². The number of carbonyl (C=O) groups excluding carboxylic acids is 1. The summed E-state index contributed by atoms with van der Waals surface area (Å²) in [6.07, 6.45) is 0. The molecule has 0 spiro atoms. The van der Waals surface area contributed by atoms with Crippen LogP contribution >= 0.6 is 11.6 Å². The molecule has 0 bridgehead atoms. The number of para-hydroxylation sites is 1. The largest absolute Gasteiger partial charge is 0.366 e. The number of hydrogen-bond donors (Lipinski definition) is 2. The van der Waals surface area contributed by atoms with Gasteiger partial charge in [-0.15, -0.1) is 0 Å². The fourth-order valence-corrected chi connectivity index (χ4v) is 3.44. The Kier molecular flexibility index (Phi) is 4.20. The second-order valence-electron chi connectivity index (χ2n) is 4.38. The van der Waals surface area contributed by atoms with Crippen molar-refractivity contribution in [1.29, 1.82) is 0 Å². The summed E-state index contributed by atoms with van der Waals surface area (Å²) in [7, 11) is -3.86. The van der Waals surface area contributed by atoms with Crippen LogP contribution in [0.15, 0.2) is 47.4 Å². The molecule has 0 saturated carbocycles. The summed E-state index contributed by atoms with van der Waals surface area (Å²) in [6, 6.07) is 10.7. The third-order valence-electron chi connectivity index (χ3n) is 2.94. The quantitative estimate of drug-likeness (QED) is 0.905. The predicted molar refractivity (Wildman–Crippen MR) is 82.0 cm³/mol. The maximum absolute atomic E-state index is 12.4. The van der Waals surface area contributed by atoms with Gasteiger partial charge in [-0.2, -0.15) is 0 Å². The standard InChI is InChI=1S/C14H13ClN2O3S/c1-9-11(15)6-4-8-13(9)21(19,20)17-12-7-3-2-5-10(12)14(16)18/h2-8,17H,1H3,(H2,16,18). The molecule has 0 fully saturated rings. The van der Waals surface area contributed by atoms with Gasteiger partial charge < -0.3 is 5.73 Å². The zero-order valence-corrected chi connectivity index (χ0v) is 12.7. The molecule has 21 heavy (non-hydrogen) atoms. The zero-order valence-electron chi connectivity index (χ0n) is 11.1. The number of benzene rings is 2. The van der Waals surface area contributed by atoms with Crippen molar-refractivity contribution < 1.29 is 13.2 Å². The summed E-state index contributed by atoms with van der Waals surface area (Å²) in [5, 5.41) is 0.348. The van der Waals surface area contributed by atoms with E-state index in [-0.39, 0.29) is 16.1 Å².